The van der Waals surface area contributed by atoms with E-state index >= 15 is 0 Å². The number of rotatable bonds is 3. The highest BCUT2D eigenvalue weighted by atomic mass is 16.1. The Balaban J connectivity index is 1.86. The van der Waals surface area contributed by atoms with Crippen LogP contribution in [0.25, 0.3) is 0 Å². The van der Waals surface area contributed by atoms with Gasteiger partial charge < -0.3 is 10.6 Å². The zero-order chi connectivity index (χ0) is 10.7. The summed E-state index contributed by atoms with van der Waals surface area (Å²) in [5, 5.41) is 5.99. The molecule has 0 atom stereocenters. The predicted molar refractivity (Wildman–Crippen MR) is 55.5 cm³/mol. The van der Waals surface area contributed by atoms with Gasteiger partial charge in [-0.25, -0.2) is 4.98 Å². The van der Waals surface area contributed by atoms with Crippen LogP contribution in [0.2, 0.25) is 0 Å². The summed E-state index contributed by atoms with van der Waals surface area (Å²) in [6.07, 6.45) is 3.10. The summed E-state index contributed by atoms with van der Waals surface area (Å²) < 4.78 is 0. The van der Waals surface area contributed by atoms with Crippen LogP contribution in [0.1, 0.15) is 16.2 Å². The number of nitrogens with zero attached hydrogens (tertiary/aromatic N) is 2. The van der Waals surface area contributed by atoms with Gasteiger partial charge in [0.1, 0.15) is 5.69 Å². The molecule has 0 aromatic carbocycles. The second-order valence-electron chi connectivity index (χ2n) is 3.78. The van der Waals surface area contributed by atoms with Crippen LogP contribution in [0, 0.1) is 12.8 Å². The van der Waals surface area contributed by atoms with E-state index in [1.54, 1.807) is 6.20 Å². The zero-order valence-electron chi connectivity index (χ0n) is 8.66. The molecule has 5 heteroatoms. The van der Waals surface area contributed by atoms with Gasteiger partial charge in [0.15, 0.2) is 0 Å². The third-order valence-corrected chi connectivity index (χ3v) is 2.43. The minimum absolute atomic E-state index is 0.144. The molecule has 0 unspecified atom stereocenters. The Bertz CT molecular complexity index is 345. The summed E-state index contributed by atoms with van der Waals surface area (Å²) in [5.41, 5.74) is 1.20. The molecular formula is C10H14N4O. The SMILES string of the molecule is Cc1cnc(C(=O)NCC2CNC2)cn1. The molecule has 0 radical (unpaired) electrons. The lowest BCUT2D eigenvalue weighted by atomic mass is 10.0. The van der Waals surface area contributed by atoms with Gasteiger partial charge in [-0.15, -0.1) is 0 Å². The van der Waals surface area contributed by atoms with Crippen LogP contribution < -0.4 is 10.6 Å². The van der Waals surface area contributed by atoms with Gasteiger partial charge in [-0.2, -0.15) is 0 Å². The molecular weight excluding hydrogens is 192 g/mol. The van der Waals surface area contributed by atoms with Gasteiger partial charge in [-0.1, -0.05) is 0 Å². The van der Waals surface area contributed by atoms with Crippen molar-refractivity contribution >= 4 is 5.91 Å². The zero-order valence-corrected chi connectivity index (χ0v) is 8.66. The van der Waals surface area contributed by atoms with Crippen molar-refractivity contribution in [2.24, 2.45) is 5.92 Å². The number of hydrogen-bond acceptors (Lipinski definition) is 4. The topological polar surface area (TPSA) is 66.9 Å². The summed E-state index contributed by atoms with van der Waals surface area (Å²) in [4.78, 5) is 19.6. The minimum atomic E-state index is -0.144. The van der Waals surface area contributed by atoms with E-state index in [0.717, 1.165) is 18.8 Å². The predicted octanol–water partition coefficient (Wildman–Crippen LogP) is -0.266. The third-order valence-electron chi connectivity index (χ3n) is 2.43. The van der Waals surface area contributed by atoms with E-state index in [0.29, 0.717) is 18.2 Å². The molecule has 1 aromatic rings. The average Bonchev–Trinajstić information content (AvgIpc) is 2.16. The third kappa shape index (κ3) is 2.50. The lowest BCUT2D eigenvalue weighted by Crippen LogP contribution is -2.48. The molecule has 2 rings (SSSR count). The van der Waals surface area contributed by atoms with Crippen LogP contribution >= 0.6 is 0 Å². The molecule has 2 N–H and O–H groups in total. The molecule has 1 amide bonds. The maximum Gasteiger partial charge on any atom is 0.271 e. The average molecular weight is 206 g/mol. The van der Waals surface area contributed by atoms with E-state index in [1.807, 2.05) is 6.92 Å². The highest BCUT2D eigenvalue weighted by Gasteiger charge is 2.17. The van der Waals surface area contributed by atoms with Gasteiger partial charge in [0.2, 0.25) is 0 Å². The quantitative estimate of drug-likeness (QED) is 0.714. The van der Waals surface area contributed by atoms with Crippen molar-refractivity contribution in [2.45, 2.75) is 6.92 Å². The number of carbonyl (C=O) groups is 1. The standard InChI is InChI=1S/C10H14N4O/c1-7-2-13-9(6-12-7)10(15)14-5-8-3-11-4-8/h2,6,8,11H,3-5H2,1H3,(H,14,15). The van der Waals surface area contributed by atoms with E-state index in [-0.39, 0.29) is 5.91 Å². The van der Waals surface area contributed by atoms with Crippen molar-refractivity contribution < 1.29 is 4.79 Å². The van der Waals surface area contributed by atoms with Crippen molar-refractivity contribution in [3.8, 4) is 0 Å². The van der Waals surface area contributed by atoms with Crippen molar-refractivity contribution in [3.05, 3.63) is 23.8 Å². The second-order valence-corrected chi connectivity index (χ2v) is 3.78. The normalized spacial score (nSPS) is 15.8. The smallest absolute Gasteiger partial charge is 0.271 e. The summed E-state index contributed by atoms with van der Waals surface area (Å²) in [6.45, 7) is 4.52. The number of carbonyl (C=O) groups excluding carboxylic acids is 1. The Morgan fingerprint density at radius 2 is 2.33 bits per heavy atom. The molecule has 15 heavy (non-hydrogen) atoms. The summed E-state index contributed by atoms with van der Waals surface area (Å²) >= 11 is 0. The maximum atomic E-state index is 11.6. The fourth-order valence-electron chi connectivity index (χ4n) is 1.33. The molecule has 1 aromatic heterocycles. The molecule has 1 aliphatic heterocycles. The van der Waals surface area contributed by atoms with Crippen LogP contribution in [0.4, 0.5) is 0 Å². The monoisotopic (exact) mass is 206 g/mol. The van der Waals surface area contributed by atoms with Gasteiger partial charge in [0.05, 0.1) is 11.9 Å². The number of nitrogens with one attached hydrogen (secondary N) is 2. The Labute approximate surface area is 88.3 Å². The summed E-state index contributed by atoms with van der Waals surface area (Å²) in [6, 6.07) is 0. The first kappa shape index (κ1) is 10.0. The second kappa shape index (κ2) is 4.35. The number of hydrogen-bond donors (Lipinski definition) is 2. The molecule has 0 aliphatic carbocycles. The molecule has 80 valence electrons. The van der Waals surface area contributed by atoms with Crippen LogP contribution in [-0.4, -0.2) is 35.5 Å². The molecule has 1 aliphatic rings. The Morgan fingerprint density at radius 1 is 1.53 bits per heavy atom. The van der Waals surface area contributed by atoms with E-state index in [9.17, 15) is 4.79 Å². The first-order chi connectivity index (χ1) is 7.25. The van der Waals surface area contributed by atoms with Crippen LogP contribution in [0.15, 0.2) is 12.4 Å². The lowest BCUT2D eigenvalue weighted by molar-refractivity contribution is 0.0937. The van der Waals surface area contributed by atoms with Crippen LogP contribution in [0.3, 0.4) is 0 Å². The maximum absolute atomic E-state index is 11.6. The largest absolute Gasteiger partial charge is 0.350 e. The van der Waals surface area contributed by atoms with Crippen LogP contribution in [0.5, 0.6) is 0 Å². The van der Waals surface area contributed by atoms with Gasteiger partial charge in [0, 0.05) is 31.7 Å². The summed E-state index contributed by atoms with van der Waals surface area (Å²) in [5.74, 6) is 0.418. The Kier molecular flexibility index (Phi) is 2.91. The van der Waals surface area contributed by atoms with E-state index in [1.165, 1.54) is 6.20 Å². The van der Waals surface area contributed by atoms with Crippen molar-refractivity contribution in [1.29, 1.82) is 0 Å². The highest BCUT2D eigenvalue weighted by Crippen LogP contribution is 2.01. The minimum Gasteiger partial charge on any atom is -0.350 e. The van der Waals surface area contributed by atoms with Gasteiger partial charge in [-0.05, 0) is 6.92 Å². The summed E-state index contributed by atoms with van der Waals surface area (Å²) in [7, 11) is 0. The molecule has 0 spiro atoms. The first-order valence-electron chi connectivity index (χ1n) is 5.03. The fraction of sp³-hybridized carbons (Fsp3) is 0.500. The van der Waals surface area contributed by atoms with E-state index in [2.05, 4.69) is 20.6 Å². The number of aromatic nitrogens is 2. The highest BCUT2D eigenvalue weighted by molar-refractivity contribution is 5.91. The molecule has 1 saturated heterocycles. The van der Waals surface area contributed by atoms with E-state index in [4.69, 9.17) is 0 Å². The van der Waals surface area contributed by atoms with Crippen LogP contribution in [-0.2, 0) is 0 Å². The van der Waals surface area contributed by atoms with Crippen molar-refractivity contribution in [2.75, 3.05) is 19.6 Å². The first-order valence-corrected chi connectivity index (χ1v) is 5.03. The van der Waals surface area contributed by atoms with Gasteiger partial charge in [-0.3, -0.25) is 9.78 Å². The molecule has 1 fully saturated rings. The van der Waals surface area contributed by atoms with Crippen molar-refractivity contribution in [1.82, 2.24) is 20.6 Å². The fourth-order valence-corrected chi connectivity index (χ4v) is 1.33. The molecule has 0 bridgehead atoms. The number of amides is 1. The van der Waals surface area contributed by atoms with Gasteiger partial charge >= 0.3 is 0 Å². The Hall–Kier alpha value is -1.49. The van der Waals surface area contributed by atoms with Gasteiger partial charge in [0.25, 0.3) is 5.91 Å². The lowest BCUT2D eigenvalue weighted by Gasteiger charge is -2.26. The Morgan fingerprint density at radius 3 is 2.87 bits per heavy atom. The molecule has 2 heterocycles. The van der Waals surface area contributed by atoms with E-state index < -0.39 is 0 Å². The molecule has 5 nitrogen and oxygen atoms in total. The number of aryl methyl sites for hydroxylation is 1. The van der Waals surface area contributed by atoms with Crippen molar-refractivity contribution in [3.63, 3.8) is 0 Å². The molecule has 0 saturated carbocycles.